The first-order valence-electron chi connectivity index (χ1n) is 8.44. The van der Waals surface area contributed by atoms with Gasteiger partial charge >= 0.3 is 5.97 Å². The lowest BCUT2D eigenvalue weighted by Gasteiger charge is -2.28. The molecule has 1 aromatic heterocycles. The Morgan fingerprint density at radius 1 is 1.37 bits per heavy atom. The molecule has 1 aromatic carbocycles. The molecule has 0 spiro atoms. The molecule has 27 heavy (non-hydrogen) atoms. The van der Waals surface area contributed by atoms with Crippen LogP contribution in [-0.4, -0.2) is 54.9 Å². The van der Waals surface area contributed by atoms with E-state index in [0.717, 1.165) is 0 Å². The summed E-state index contributed by atoms with van der Waals surface area (Å²) in [7, 11) is 0. The number of amides is 1. The first-order valence-corrected chi connectivity index (χ1v) is 8.44. The smallest absolute Gasteiger partial charge is 0.311 e. The van der Waals surface area contributed by atoms with Gasteiger partial charge in [0.1, 0.15) is 0 Å². The molecule has 1 N–H and O–H groups in total. The van der Waals surface area contributed by atoms with Gasteiger partial charge in [0.2, 0.25) is 0 Å². The number of benzene rings is 1. The summed E-state index contributed by atoms with van der Waals surface area (Å²) in [5, 5.41) is 28.2. The van der Waals surface area contributed by atoms with Crippen molar-refractivity contribution in [2.24, 2.45) is 11.3 Å². The molecule has 0 aliphatic carbocycles. The highest BCUT2D eigenvalue weighted by molar-refractivity contribution is 5.93. The lowest BCUT2D eigenvalue weighted by molar-refractivity contribution is -0.384. The molecular weight excluding hydrogens is 354 g/mol. The molecule has 1 fully saturated rings. The lowest BCUT2D eigenvalue weighted by atomic mass is 9.76. The Kier molecular flexibility index (Phi) is 4.64. The Bertz CT molecular complexity index is 909. The second kappa shape index (κ2) is 6.78. The number of hydrogen-bond donors (Lipinski definition) is 1. The number of carbonyl (C=O) groups excluding carboxylic acids is 1. The van der Waals surface area contributed by atoms with Gasteiger partial charge in [-0.25, -0.2) is 4.68 Å². The molecule has 1 saturated heterocycles. The van der Waals surface area contributed by atoms with E-state index >= 15 is 0 Å². The maximum atomic E-state index is 12.7. The summed E-state index contributed by atoms with van der Waals surface area (Å²) in [4.78, 5) is 36.3. The van der Waals surface area contributed by atoms with Gasteiger partial charge in [-0.05, 0) is 18.4 Å². The van der Waals surface area contributed by atoms with Crippen LogP contribution in [0.4, 0.5) is 5.69 Å². The van der Waals surface area contributed by atoms with E-state index in [1.54, 1.807) is 6.07 Å². The van der Waals surface area contributed by atoms with Gasteiger partial charge in [0.05, 0.1) is 22.2 Å². The van der Waals surface area contributed by atoms with Crippen molar-refractivity contribution >= 4 is 17.6 Å². The van der Waals surface area contributed by atoms with Gasteiger partial charge in [-0.2, -0.15) is 0 Å². The first-order chi connectivity index (χ1) is 12.7. The quantitative estimate of drug-likeness (QED) is 0.624. The standard InChI is InChI=1S/C17H19N5O5/c1-11(2)17(16(24)25)6-7-20(10-17)15(23)14-9-21(19-18-14)12-4-3-5-13(8-12)22(26)27/h3-5,8-9,11H,6-7,10H2,1-2H3,(H,24,25). The van der Waals surface area contributed by atoms with Crippen LogP contribution < -0.4 is 0 Å². The minimum atomic E-state index is -0.967. The van der Waals surface area contributed by atoms with Gasteiger partial charge < -0.3 is 10.0 Å². The molecule has 1 atom stereocenters. The van der Waals surface area contributed by atoms with Crippen LogP contribution in [0.25, 0.3) is 5.69 Å². The molecule has 1 aliphatic rings. The molecule has 1 aliphatic heterocycles. The number of nitro benzene ring substituents is 1. The van der Waals surface area contributed by atoms with Crippen molar-refractivity contribution in [3.8, 4) is 5.69 Å². The van der Waals surface area contributed by atoms with Crippen LogP contribution in [0.3, 0.4) is 0 Å². The van der Waals surface area contributed by atoms with Crippen LogP contribution in [0.15, 0.2) is 30.5 Å². The van der Waals surface area contributed by atoms with Crippen molar-refractivity contribution in [2.45, 2.75) is 20.3 Å². The van der Waals surface area contributed by atoms with Crippen LogP contribution >= 0.6 is 0 Å². The predicted molar refractivity (Wildman–Crippen MR) is 93.4 cm³/mol. The second-order valence-corrected chi connectivity index (χ2v) is 6.92. The molecule has 0 radical (unpaired) electrons. The van der Waals surface area contributed by atoms with Crippen LogP contribution in [0.1, 0.15) is 30.8 Å². The van der Waals surface area contributed by atoms with Gasteiger partial charge in [-0.3, -0.25) is 19.7 Å². The van der Waals surface area contributed by atoms with E-state index in [1.807, 2.05) is 13.8 Å². The Labute approximate surface area is 154 Å². The Morgan fingerprint density at radius 3 is 2.70 bits per heavy atom. The van der Waals surface area contributed by atoms with Crippen LogP contribution in [0, 0.1) is 21.4 Å². The first kappa shape index (κ1) is 18.5. The number of aromatic nitrogens is 3. The number of non-ortho nitro benzene ring substituents is 1. The molecule has 1 amide bonds. The van der Waals surface area contributed by atoms with Crippen molar-refractivity contribution in [3.63, 3.8) is 0 Å². The third-order valence-electron chi connectivity index (χ3n) is 5.14. The molecule has 0 saturated carbocycles. The number of carboxylic acid groups (broad SMARTS) is 1. The van der Waals surface area contributed by atoms with Gasteiger partial charge in [-0.1, -0.05) is 25.1 Å². The molecule has 10 heteroatoms. The summed E-state index contributed by atoms with van der Waals surface area (Å²) in [5.41, 5.74) is -0.601. The number of hydrogen-bond acceptors (Lipinski definition) is 6. The Hall–Kier alpha value is -3.30. The number of aliphatic carboxylic acids is 1. The van der Waals surface area contributed by atoms with Crippen molar-refractivity contribution in [1.29, 1.82) is 0 Å². The van der Waals surface area contributed by atoms with Crippen molar-refractivity contribution in [2.75, 3.05) is 13.1 Å². The van der Waals surface area contributed by atoms with Crippen molar-refractivity contribution in [1.82, 2.24) is 19.9 Å². The maximum Gasteiger partial charge on any atom is 0.311 e. The summed E-state index contributed by atoms with van der Waals surface area (Å²) >= 11 is 0. The fourth-order valence-corrected chi connectivity index (χ4v) is 3.30. The summed E-state index contributed by atoms with van der Waals surface area (Å²) in [6.07, 6.45) is 1.77. The number of rotatable bonds is 5. The summed E-state index contributed by atoms with van der Waals surface area (Å²) < 4.78 is 1.28. The topological polar surface area (TPSA) is 131 Å². The Morgan fingerprint density at radius 2 is 2.11 bits per heavy atom. The summed E-state index contributed by atoms with van der Waals surface area (Å²) in [6, 6.07) is 5.81. The monoisotopic (exact) mass is 373 g/mol. The van der Waals surface area contributed by atoms with E-state index in [-0.39, 0.29) is 23.8 Å². The largest absolute Gasteiger partial charge is 0.481 e. The molecule has 1 unspecified atom stereocenters. The number of nitro groups is 1. The van der Waals surface area contributed by atoms with Gasteiger partial charge in [-0.15, -0.1) is 5.10 Å². The molecular formula is C17H19N5O5. The second-order valence-electron chi connectivity index (χ2n) is 6.92. The average molecular weight is 373 g/mol. The fraction of sp³-hybridized carbons (Fsp3) is 0.412. The highest BCUT2D eigenvalue weighted by Gasteiger charge is 2.48. The highest BCUT2D eigenvalue weighted by Crippen LogP contribution is 2.38. The van der Waals surface area contributed by atoms with E-state index < -0.39 is 22.2 Å². The number of likely N-dealkylation sites (tertiary alicyclic amines) is 1. The van der Waals surface area contributed by atoms with Gasteiger partial charge in [0.25, 0.3) is 11.6 Å². The van der Waals surface area contributed by atoms with Crippen LogP contribution in [0.2, 0.25) is 0 Å². The molecule has 10 nitrogen and oxygen atoms in total. The van der Waals surface area contributed by atoms with E-state index in [2.05, 4.69) is 10.3 Å². The molecule has 3 rings (SSSR count). The average Bonchev–Trinajstić information content (AvgIpc) is 3.29. The fourth-order valence-electron chi connectivity index (χ4n) is 3.30. The third-order valence-corrected chi connectivity index (χ3v) is 5.14. The normalized spacial score (nSPS) is 19.4. The van der Waals surface area contributed by atoms with Gasteiger partial charge in [0.15, 0.2) is 5.69 Å². The zero-order valence-corrected chi connectivity index (χ0v) is 14.9. The summed E-state index contributed by atoms with van der Waals surface area (Å²) in [6.45, 7) is 4.11. The number of carboxylic acids is 1. The van der Waals surface area contributed by atoms with Crippen LogP contribution in [-0.2, 0) is 4.79 Å². The Balaban J connectivity index is 1.81. The zero-order valence-electron chi connectivity index (χ0n) is 14.9. The lowest BCUT2D eigenvalue weighted by Crippen LogP contribution is -2.40. The predicted octanol–water partition coefficient (Wildman–Crippen LogP) is 1.75. The van der Waals surface area contributed by atoms with Crippen molar-refractivity contribution in [3.05, 3.63) is 46.3 Å². The molecule has 0 bridgehead atoms. The number of carbonyl (C=O) groups is 2. The molecule has 2 aromatic rings. The summed E-state index contributed by atoms with van der Waals surface area (Å²) in [5.74, 6) is -1.43. The molecule has 142 valence electrons. The minimum absolute atomic E-state index is 0.0615. The highest BCUT2D eigenvalue weighted by atomic mass is 16.6. The van der Waals surface area contributed by atoms with Crippen molar-refractivity contribution < 1.29 is 19.6 Å². The third kappa shape index (κ3) is 3.25. The zero-order chi connectivity index (χ0) is 19.8. The minimum Gasteiger partial charge on any atom is -0.481 e. The molecule has 2 heterocycles. The maximum absolute atomic E-state index is 12.7. The van der Waals surface area contributed by atoms with E-state index in [9.17, 15) is 24.8 Å². The van der Waals surface area contributed by atoms with Gasteiger partial charge in [0, 0.05) is 25.2 Å². The SMILES string of the molecule is CC(C)C1(C(=O)O)CCN(C(=O)c2cn(-c3cccc([N+](=O)[O-])c3)nn2)C1. The van der Waals surface area contributed by atoms with E-state index in [1.165, 1.54) is 34.0 Å². The number of nitrogens with zero attached hydrogens (tertiary/aromatic N) is 5. The van der Waals surface area contributed by atoms with E-state index in [0.29, 0.717) is 18.7 Å². The van der Waals surface area contributed by atoms with E-state index in [4.69, 9.17) is 0 Å². The van der Waals surface area contributed by atoms with Crippen LogP contribution in [0.5, 0.6) is 0 Å².